The van der Waals surface area contributed by atoms with Crippen molar-refractivity contribution in [2.24, 2.45) is 0 Å². The first-order chi connectivity index (χ1) is 14.3. The molecule has 0 atom stereocenters. The van der Waals surface area contributed by atoms with Crippen molar-refractivity contribution in [3.63, 3.8) is 0 Å². The third-order valence-corrected chi connectivity index (χ3v) is 5.23. The summed E-state index contributed by atoms with van der Waals surface area (Å²) in [5.41, 5.74) is -2.63. The van der Waals surface area contributed by atoms with Crippen molar-refractivity contribution in [1.82, 2.24) is 4.72 Å². The van der Waals surface area contributed by atoms with Gasteiger partial charge < -0.3 is 4.74 Å². The highest BCUT2D eigenvalue weighted by atomic mass is 32.2. The number of carbonyl (C=O) groups excluding carboxylic acids is 1. The summed E-state index contributed by atoms with van der Waals surface area (Å²) in [5, 5.41) is 0. The third-order valence-electron chi connectivity index (χ3n) is 3.77. The highest BCUT2D eigenvalue weighted by Gasteiger charge is 2.31. The number of ether oxygens (including phenoxy) is 1. The SMILES string of the molecule is O=C(CCNS(=O)(=O)c1cccc(C(F)(F)F)c1)OCc1c(F)c(F)c(F)c(F)c1F. The van der Waals surface area contributed by atoms with Crippen molar-refractivity contribution in [3.05, 3.63) is 64.5 Å². The number of rotatable bonds is 7. The first kappa shape index (κ1) is 24.5. The molecule has 0 amide bonds. The second-order valence-corrected chi connectivity index (χ2v) is 7.65. The van der Waals surface area contributed by atoms with Gasteiger partial charge in [0.05, 0.1) is 22.4 Å². The van der Waals surface area contributed by atoms with Gasteiger partial charge in [-0.2, -0.15) is 13.2 Å². The maximum Gasteiger partial charge on any atom is 0.416 e. The molecule has 0 saturated carbocycles. The number of nitrogens with one attached hydrogen (secondary N) is 1. The van der Waals surface area contributed by atoms with Crippen molar-refractivity contribution < 1.29 is 53.1 Å². The fourth-order valence-corrected chi connectivity index (χ4v) is 3.29. The number of carbonyl (C=O) groups is 1. The van der Waals surface area contributed by atoms with Crippen molar-refractivity contribution in [2.45, 2.75) is 24.1 Å². The lowest BCUT2D eigenvalue weighted by Crippen LogP contribution is -2.27. The molecule has 2 aromatic rings. The molecule has 0 unspecified atom stereocenters. The topological polar surface area (TPSA) is 72.5 Å². The number of benzene rings is 2. The predicted molar refractivity (Wildman–Crippen MR) is 87.3 cm³/mol. The van der Waals surface area contributed by atoms with E-state index in [0.717, 1.165) is 12.1 Å². The van der Waals surface area contributed by atoms with E-state index in [1.54, 1.807) is 0 Å². The predicted octanol–water partition coefficient (Wildman–Crippen LogP) is 3.81. The van der Waals surface area contributed by atoms with E-state index >= 15 is 0 Å². The zero-order valence-electron chi connectivity index (χ0n) is 15.0. The minimum Gasteiger partial charge on any atom is -0.461 e. The average Bonchev–Trinajstić information content (AvgIpc) is 2.70. The first-order valence-corrected chi connectivity index (χ1v) is 9.57. The lowest BCUT2D eigenvalue weighted by molar-refractivity contribution is -0.145. The van der Waals surface area contributed by atoms with Gasteiger partial charge in [0.25, 0.3) is 0 Å². The van der Waals surface area contributed by atoms with Gasteiger partial charge in [-0.3, -0.25) is 4.79 Å². The monoisotopic (exact) mass is 477 g/mol. The molecule has 2 rings (SSSR count). The van der Waals surface area contributed by atoms with Crippen LogP contribution in [0.4, 0.5) is 35.1 Å². The second-order valence-electron chi connectivity index (χ2n) is 5.88. The molecule has 14 heteroatoms. The summed E-state index contributed by atoms with van der Waals surface area (Å²) >= 11 is 0. The van der Waals surface area contributed by atoms with Crippen LogP contribution >= 0.6 is 0 Å². The van der Waals surface area contributed by atoms with Gasteiger partial charge in [-0.25, -0.2) is 35.1 Å². The molecular weight excluding hydrogens is 466 g/mol. The van der Waals surface area contributed by atoms with Crippen LogP contribution in [0, 0.1) is 29.1 Å². The van der Waals surface area contributed by atoms with Gasteiger partial charge in [0.15, 0.2) is 23.3 Å². The van der Waals surface area contributed by atoms with Crippen LogP contribution in [-0.4, -0.2) is 20.9 Å². The maximum atomic E-state index is 13.5. The number of sulfonamides is 1. The van der Waals surface area contributed by atoms with Crippen LogP contribution in [0.15, 0.2) is 29.2 Å². The molecule has 0 heterocycles. The van der Waals surface area contributed by atoms with Gasteiger partial charge >= 0.3 is 12.1 Å². The largest absolute Gasteiger partial charge is 0.461 e. The second kappa shape index (κ2) is 9.18. The lowest BCUT2D eigenvalue weighted by atomic mass is 10.2. The van der Waals surface area contributed by atoms with E-state index in [4.69, 9.17) is 0 Å². The van der Waals surface area contributed by atoms with Crippen LogP contribution in [0.3, 0.4) is 0 Å². The van der Waals surface area contributed by atoms with E-state index in [1.165, 1.54) is 0 Å². The summed E-state index contributed by atoms with van der Waals surface area (Å²) in [6.07, 6.45) is -5.55. The zero-order valence-corrected chi connectivity index (χ0v) is 15.8. The van der Waals surface area contributed by atoms with E-state index in [-0.39, 0.29) is 0 Å². The number of hydrogen-bond acceptors (Lipinski definition) is 4. The summed E-state index contributed by atoms with van der Waals surface area (Å²) in [6, 6.07) is 2.74. The van der Waals surface area contributed by atoms with E-state index in [9.17, 15) is 48.3 Å². The minimum absolute atomic E-state index is 0.365. The van der Waals surface area contributed by atoms with Crippen LogP contribution in [0.1, 0.15) is 17.5 Å². The van der Waals surface area contributed by atoms with Crippen molar-refractivity contribution >= 4 is 16.0 Å². The molecule has 0 spiro atoms. The zero-order chi connectivity index (χ0) is 23.6. The van der Waals surface area contributed by atoms with E-state index in [0.29, 0.717) is 12.1 Å². The van der Waals surface area contributed by atoms with Gasteiger partial charge in [0.1, 0.15) is 6.61 Å². The van der Waals surface area contributed by atoms with Crippen LogP contribution in [0.2, 0.25) is 0 Å². The highest BCUT2D eigenvalue weighted by Crippen LogP contribution is 2.30. The van der Waals surface area contributed by atoms with Gasteiger partial charge in [-0.15, -0.1) is 0 Å². The Morgan fingerprint density at radius 3 is 2.03 bits per heavy atom. The summed E-state index contributed by atoms with van der Waals surface area (Å²) in [6.45, 7) is -2.01. The summed E-state index contributed by atoms with van der Waals surface area (Å²) in [4.78, 5) is 10.8. The fourth-order valence-electron chi connectivity index (χ4n) is 2.21. The van der Waals surface area contributed by atoms with E-state index in [2.05, 4.69) is 4.74 Å². The Labute approximate surface area is 169 Å². The minimum atomic E-state index is -4.79. The van der Waals surface area contributed by atoms with Gasteiger partial charge in [-0.05, 0) is 18.2 Å². The van der Waals surface area contributed by atoms with Crippen LogP contribution < -0.4 is 4.72 Å². The van der Waals surface area contributed by atoms with Gasteiger partial charge in [0.2, 0.25) is 15.8 Å². The Kier molecular flexibility index (Phi) is 7.26. The van der Waals surface area contributed by atoms with Crippen LogP contribution in [-0.2, 0) is 32.3 Å². The number of hydrogen-bond donors (Lipinski definition) is 1. The lowest BCUT2D eigenvalue weighted by Gasteiger charge is -2.11. The summed E-state index contributed by atoms with van der Waals surface area (Å²) in [5.74, 6) is -12.5. The molecule has 0 aliphatic carbocycles. The molecule has 0 aliphatic heterocycles. The Bertz CT molecular complexity index is 1070. The van der Waals surface area contributed by atoms with Crippen molar-refractivity contribution in [2.75, 3.05) is 6.54 Å². The van der Waals surface area contributed by atoms with Crippen LogP contribution in [0.25, 0.3) is 0 Å². The number of alkyl halides is 3. The Hall–Kier alpha value is -2.74. The molecule has 0 radical (unpaired) electrons. The molecule has 0 aliphatic rings. The molecule has 5 nitrogen and oxygen atoms in total. The molecule has 170 valence electrons. The normalized spacial score (nSPS) is 12.1. The molecule has 1 N–H and O–H groups in total. The maximum absolute atomic E-state index is 13.5. The Morgan fingerprint density at radius 1 is 0.935 bits per heavy atom. The molecule has 31 heavy (non-hydrogen) atoms. The summed E-state index contributed by atoms with van der Waals surface area (Å²) < 4.78 is 134. The van der Waals surface area contributed by atoms with Crippen molar-refractivity contribution in [1.29, 1.82) is 0 Å². The third kappa shape index (κ3) is 5.70. The molecule has 0 fully saturated rings. The number of halogens is 8. The fraction of sp³-hybridized carbons (Fsp3) is 0.235. The average molecular weight is 477 g/mol. The van der Waals surface area contributed by atoms with Crippen molar-refractivity contribution in [3.8, 4) is 0 Å². The van der Waals surface area contributed by atoms with Crippen LogP contribution in [0.5, 0.6) is 0 Å². The molecule has 0 aromatic heterocycles. The Balaban J connectivity index is 1.98. The molecule has 2 aromatic carbocycles. The quantitative estimate of drug-likeness (QED) is 0.285. The standard InChI is InChI=1S/C17H11F8NO4S/c18-12-10(13(19)15(21)16(22)14(12)20)7-30-11(27)4-5-26-31(28,29)9-3-1-2-8(6-9)17(23,24)25/h1-3,6,26H,4-5,7H2. The smallest absolute Gasteiger partial charge is 0.416 e. The van der Waals surface area contributed by atoms with Gasteiger partial charge in [-0.1, -0.05) is 6.07 Å². The first-order valence-electron chi connectivity index (χ1n) is 8.08. The van der Waals surface area contributed by atoms with E-state index < -0.39 is 86.8 Å². The molecule has 0 bridgehead atoms. The molecular formula is C17H11F8NO4S. The summed E-state index contributed by atoms with van der Waals surface area (Å²) in [7, 11) is -4.45. The molecule has 0 saturated heterocycles. The van der Waals surface area contributed by atoms with E-state index in [1.807, 2.05) is 4.72 Å². The van der Waals surface area contributed by atoms with Gasteiger partial charge in [0, 0.05) is 6.54 Å². The number of esters is 1. The highest BCUT2D eigenvalue weighted by molar-refractivity contribution is 7.89. The Morgan fingerprint density at radius 2 is 1.48 bits per heavy atom.